The van der Waals surface area contributed by atoms with E-state index in [-0.39, 0.29) is 5.56 Å². The van der Waals surface area contributed by atoms with E-state index in [1.54, 1.807) is 19.1 Å². The van der Waals surface area contributed by atoms with Gasteiger partial charge in [-0.25, -0.2) is 9.18 Å². The van der Waals surface area contributed by atoms with Gasteiger partial charge < -0.3 is 4.74 Å². The summed E-state index contributed by atoms with van der Waals surface area (Å²) < 4.78 is 17.9. The molecule has 0 radical (unpaired) electrons. The van der Waals surface area contributed by atoms with Gasteiger partial charge in [-0.05, 0) is 18.1 Å². The molecule has 1 rings (SSSR count). The number of ether oxygens (including phenoxy) is 1. The predicted molar refractivity (Wildman–Crippen MR) is 51.9 cm³/mol. The van der Waals surface area contributed by atoms with Gasteiger partial charge >= 0.3 is 11.9 Å². The summed E-state index contributed by atoms with van der Waals surface area (Å²) in [7, 11) is 0. The lowest BCUT2D eigenvalue weighted by Crippen LogP contribution is -2.12. The van der Waals surface area contributed by atoms with Crippen LogP contribution in [-0.2, 0) is 16.0 Å². The number of hydrogen-bond donors (Lipinski definition) is 0. The van der Waals surface area contributed by atoms with E-state index in [4.69, 9.17) is 0 Å². The first-order chi connectivity index (χ1) is 7.06. The Morgan fingerprint density at radius 3 is 2.60 bits per heavy atom. The van der Waals surface area contributed by atoms with E-state index in [2.05, 4.69) is 4.74 Å². The van der Waals surface area contributed by atoms with Crippen LogP contribution in [0.3, 0.4) is 0 Å². The lowest BCUT2D eigenvalue weighted by molar-refractivity contribution is -0.135. The lowest BCUT2D eigenvalue weighted by Gasteiger charge is -2.04. The SMILES string of the molecule is CCc1cccc(C(=O)OC(C)=O)c1F. The molecule has 0 amide bonds. The molecule has 0 aromatic heterocycles. The van der Waals surface area contributed by atoms with Crippen molar-refractivity contribution in [3.8, 4) is 0 Å². The minimum absolute atomic E-state index is 0.204. The van der Waals surface area contributed by atoms with E-state index in [0.29, 0.717) is 12.0 Å². The van der Waals surface area contributed by atoms with Crippen LogP contribution >= 0.6 is 0 Å². The van der Waals surface area contributed by atoms with Crippen LogP contribution in [0.4, 0.5) is 4.39 Å². The van der Waals surface area contributed by atoms with Crippen LogP contribution in [0.15, 0.2) is 18.2 Å². The van der Waals surface area contributed by atoms with Crippen molar-refractivity contribution in [3.05, 3.63) is 35.1 Å². The molecule has 0 spiro atoms. The Hall–Kier alpha value is -1.71. The topological polar surface area (TPSA) is 43.4 Å². The molecular weight excluding hydrogens is 199 g/mol. The van der Waals surface area contributed by atoms with Crippen molar-refractivity contribution in [2.45, 2.75) is 20.3 Å². The number of halogens is 1. The quantitative estimate of drug-likeness (QED) is 0.554. The first kappa shape index (κ1) is 11.4. The monoisotopic (exact) mass is 210 g/mol. The molecule has 0 atom stereocenters. The summed E-state index contributed by atoms with van der Waals surface area (Å²) in [5.74, 6) is -2.32. The highest BCUT2D eigenvalue weighted by Crippen LogP contribution is 2.14. The van der Waals surface area contributed by atoms with Crippen LogP contribution < -0.4 is 0 Å². The maximum Gasteiger partial charge on any atom is 0.348 e. The second kappa shape index (κ2) is 4.68. The molecule has 0 heterocycles. The molecule has 0 saturated carbocycles. The fraction of sp³-hybridized carbons (Fsp3) is 0.273. The number of rotatable bonds is 2. The van der Waals surface area contributed by atoms with E-state index in [0.717, 1.165) is 6.92 Å². The molecule has 0 bridgehead atoms. The second-order valence-corrected chi connectivity index (χ2v) is 3.01. The summed E-state index contributed by atoms with van der Waals surface area (Å²) in [6, 6.07) is 4.43. The fourth-order valence-corrected chi connectivity index (χ4v) is 1.20. The molecule has 0 unspecified atom stereocenters. The second-order valence-electron chi connectivity index (χ2n) is 3.01. The highest BCUT2D eigenvalue weighted by Gasteiger charge is 2.16. The van der Waals surface area contributed by atoms with Gasteiger partial charge in [0.05, 0.1) is 5.56 Å². The molecular formula is C11H11FO3. The van der Waals surface area contributed by atoms with E-state index >= 15 is 0 Å². The molecule has 80 valence electrons. The van der Waals surface area contributed by atoms with Gasteiger partial charge in [0.1, 0.15) is 5.82 Å². The Balaban J connectivity index is 3.04. The number of carbonyl (C=O) groups is 2. The molecule has 0 aliphatic heterocycles. The van der Waals surface area contributed by atoms with Gasteiger partial charge in [-0.1, -0.05) is 19.1 Å². The summed E-state index contributed by atoms with van der Waals surface area (Å²) in [5, 5.41) is 0. The zero-order chi connectivity index (χ0) is 11.4. The molecule has 1 aromatic carbocycles. The molecule has 4 heteroatoms. The largest absolute Gasteiger partial charge is 0.390 e. The van der Waals surface area contributed by atoms with E-state index < -0.39 is 17.8 Å². The molecule has 0 saturated heterocycles. The smallest absolute Gasteiger partial charge is 0.348 e. The Kier molecular flexibility index (Phi) is 3.55. The molecule has 0 fully saturated rings. The zero-order valence-corrected chi connectivity index (χ0v) is 8.54. The summed E-state index contributed by atoms with van der Waals surface area (Å²) in [5.41, 5.74) is 0.220. The summed E-state index contributed by atoms with van der Waals surface area (Å²) in [4.78, 5) is 21.8. The van der Waals surface area contributed by atoms with Gasteiger partial charge in [-0.2, -0.15) is 0 Å². The van der Waals surface area contributed by atoms with Crippen molar-refractivity contribution in [2.75, 3.05) is 0 Å². The molecule has 0 N–H and O–H groups in total. The van der Waals surface area contributed by atoms with E-state index in [9.17, 15) is 14.0 Å². The standard InChI is InChI=1S/C11H11FO3/c1-3-8-5-4-6-9(10(8)12)11(14)15-7(2)13/h4-6H,3H2,1-2H3. The normalized spacial score (nSPS) is 9.80. The van der Waals surface area contributed by atoms with E-state index in [1.165, 1.54) is 6.07 Å². The van der Waals surface area contributed by atoms with Gasteiger partial charge in [0.25, 0.3) is 0 Å². The predicted octanol–water partition coefficient (Wildman–Crippen LogP) is 2.09. The summed E-state index contributed by atoms with van der Waals surface area (Å²) >= 11 is 0. The number of benzene rings is 1. The zero-order valence-electron chi connectivity index (χ0n) is 8.54. The van der Waals surface area contributed by atoms with Gasteiger partial charge in [0.15, 0.2) is 0 Å². The number of hydrogen-bond acceptors (Lipinski definition) is 3. The van der Waals surface area contributed by atoms with Crippen LogP contribution in [0.2, 0.25) is 0 Å². The van der Waals surface area contributed by atoms with Crippen LogP contribution in [0.25, 0.3) is 0 Å². The van der Waals surface area contributed by atoms with Crippen LogP contribution in [-0.4, -0.2) is 11.9 Å². The Morgan fingerprint density at radius 2 is 2.07 bits per heavy atom. The Labute approximate surface area is 86.9 Å². The average Bonchev–Trinajstić information content (AvgIpc) is 2.17. The first-order valence-electron chi connectivity index (χ1n) is 4.56. The minimum Gasteiger partial charge on any atom is -0.390 e. The first-order valence-corrected chi connectivity index (χ1v) is 4.56. The number of esters is 2. The maximum atomic E-state index is 13.6. The van der Waals surface area contributed by atoms with E-state index in [1.807, 2.05) is 0 Å². The fourth-order valence-electron chi connectivity index (χ4n) is 1.20. The summed E-state index contributed by atoms with van der Waals surface area (Å²) in [6.45, 7) is 2.87. The van der Waals surface area contributed by atoms with Crippen molar-refractivity contribution >= 4 is 11.9 Å². The average molecular weight is 210 g/mol. The molecule has 1 aromatic rings. The highest BCUT2D eigenvalue weighted by molar-refractivity contribution is 5.96. The third-order valence-electron chi connectivity index (χ3n) is 1.92. The third kappa shape index (κ3) is 2.62. The maximum absolute atomic E-state index is 13.6. The minimum atomic E-state index is -0.949. The molecule has 15 heavy (non-hydrogen) atoms. The lowest BCUT2D eigenvalue weighted by atomic mass is 10.1. The van der Waals surface area contributed by atoms with Gasteiger partial charge in [-0.15, -0.1) is 0 Å². The Morgan fingerprint density at radius 1 is 1.40 bits per heavy atom. The van der Waals surface area contributed by atoms with Crippen molar-refractivity contribution in [2.24, 2.45) is 0 Å². The third-order valence-corrected chi connectivity index (χ3v) is 1.92. The van der Waals surface area contributed by atoms with Gasteiger partial charge in [0.2, 0.25) is 0 Å². The molecule has 0 aliphatic carbocycles. The van der Waals surface area contributed by atoms with Gasteiger partial charge in [0, 0.05) is 6.92 Å². The number of carbonyl (C=O) groups excluding carboxylic acids is 2. The van der Waals surface area contributed by atoms with Crippen molar-refractivity contribution < 1.29 is 18.7 Å². The number of aryl methyl sites for hydroxylation is 1. The highest BCUT2D eigenvalue weighted by atomic mass is 19.1. The summed E-state index contributed by atoms with van der Waals surface area (Å²) in [6.07, 6.45) is 0.479. The van der Waals surface area contributed by atoms with Crippen molar-refractivity contribution in [3.63, 3.8) is 0 Å². The Bertz CT molecular complexity index is 399. The van der Waals surface area contributed by atoms with Crippen molar-refractivity contribution in [1.29, 1.82) is 0 Å². The molecule has 0 aliphatic rings. The van der Waals surface area contributed by atoms with Crippen LogP contribution in [0, 0.1) is 5.82 Å². The van der Waals surface area contributed by atoms with Crippen LogP contribution in [0.1, 0.15) is 29.8 Å². The van der Waals surface area contributed by atoms with Crippen molar-refractivity contribution in [1.82, 2.24) is 0 Å². The molecule has 3 nitrogen and oxygen atoms in total. The van der Waals surface area contributed by atoms with Crippen LogP contribution in [0.5, 0.6) is 0 Å². The van der Waals surface area contributed by atoms with Gasteiger partial charge in [-0.3, -0.25) is 4.79 Å².